The van der Waals surface area contributed by atoms with Crippen molar-refractivity contribution in [3.8, 4) is 0 Å². The molecule has 0 aromatic carbocycles. The number of β-amino-alcohol motifs (C(OH)–C–C–N with tert-alkyl or cyclic N) is 1. The van der Waals surface area contributed by atoms with Gasteiger partial charge in [-0.3, -0.25) is 0 Å². The minimum absolute atomic E-state index is 0.523. The van der Waals surface area contributed by atoms with Crippen LogP contribution in [-0.4, -0.2) is 35.2 Å². The Balaban J connectivity index is 2.55. The number of amidine groups is 1. The van der Waals surface area contributed by atoms with E-state index in [0.717, 1.165) is 18.8 Å². The number of aliphatic imine (C=N–C) groups is 1. The fourth-order valence-corrected chi connectivity index (χ4v) is 1.25. The normalized spacial score (nSPS) is 23.6. The van der Waals surface area contributed by atoms with Crippen LogP contribution in [0, 0.1) is 0 Å². The van der Waals surface area contributed by atoms with Crippen LogP contribution in [0.3, 0.4) is 0 Å². The predicted molar refractivity (Wildman–Crippen MR) is 45.5 cm³/mol. The van der Waals surface area contributed by atoms with Crippen molar-refractivity contribution in [2.75, 3.05) is 13.1 Å². The summed E-state index contributed by atoms with van der Waals surface area (Å²) in [5.41, 5.74) is 0. The standard InChI is InChI=1S/C8H14N2O/c1-3-5-10-6-8(11)9-7(10)4-2/h3,8,11H,1,4-6H2,2H3. The summed E-state index contributed by atoms with van der Waals surface area (Å²) < 4.78 is 0. The first-order chi connectivity index (χ1) is 5.27. The second-order valence-electron chi connectivity index (χ2n) is 2.57. The molecule has 0 aromatic rings. The molecule has 0 saturated carbocycles. The Morgan fingerprint density at radius 2 is 2.64 bits per heavy atom. The van der Waals surface area contributed by atoms with E-state index >= 15 is 0 Å². The Morgan fingerprint density at radius 3 is 3.18 bits per heavy atom. The van der Waals surface area contributed by atoms with E-state index < -0.39 is 6.23 Å². The molecule has 11 heavy (non-hydrogen) atoms. The minimum atomic E-state index is -0.523. The average molecular weight is 154 g/mol. The molecule has 62 valence electrons. The zero-order valence-electron chi connectivity index (χ0n) is 6.82. The molecule has 0 aliphatic carbocycles. The van der Waals surface area contributed by atoms with Crippen LogP contribution >= 0.6 is 0 Å². The first-order valence-corrected chi connectivity index (χ1v) is 3.88. The number of rotatable bonds is 3. The molecule has 0 aromatic heterocycles. The van der Waals surface area contributed by atoms with Gasteiger partial charge in [-0.2, -0.15) is 0 Å². The van der Waals surface area contributed by atoms with Gasteiger partial charge in [-0.25, -0.2) is 4.99 Å². The van der Waals surface area contributed by atoms with Gasteiger partial charge in [-0.05, 0) is 0 Å². The molecule has 1 aliphatic heterocycles. The molecule has 0 amide bonds. The van der Waals surface area contributed by atoms with Crippen LogP contribution in [0.25, 0.3) is 0 Å². The minimum Gasteiger partial charge on any atom is -0.370 e. The fraction of sp³-hybridized carbons (Fsp3) is 0.625. The lowest BCUT2D eigenvalue weighted by atomic mass is 10.4. The summed E-state index contributed by atoms with van der Waals surface area (Å²) in [6.07, 6.45) is 2.18. The molecule has 0 bridgehead atoms. The van der Waals surface area contributed by atoms with E-state index in [0.29, 0.717) is 6.54 Å². The maximum atomic E-state index is 9.16. The lowest BCUT2D eigenvalue weighted by Crippen LogP contribution is -2.28. The molecule has 0 fully saturated rings. The third-order valence-corrected chi connectivity index (χ3v) is 1.71. The van der Waals surface area contributed by atoms with Crippen molar-refractivity contribution in [2.45, 2.75) is 19.6 Å². The summed E-state index contributed by atoms with van der Waals surface area (Å²) in [7, 11) is 0. The van der Waals surface area contributed by atoms with Crippen molar-refractivity contribution in [1.29, 1.82) is 0 Å². The van der Waals surface area contributed by atoms with Gasteiger partial charge in [0.05, 0.1) is 6.54 Å². The SMILES string of the molecule is C=CCN1CC(O)N=C1CC. The van der Waals surface area contributed by atoms with E-state index in [4.69, 9.17) is 5.11 Å². The summed E-state index contributed by atoms with van der Waals surface area (Å²) in [5, 5.41) is 9.16. The monoisotopic (exact) mass is 154 g/mol. The Hall–Kier alpha value is -0.830. The molecule has 0 radical (unpaired) electrons. The summed E-state index contributed by atoms with van der Waals surface area (Å²) in [6, 6.07) is 0. The van der Waals surface area contributed by atoms with Gasteiger partial charge in [0.2, 0.25) is 0 Å². The Bertz CT molecular complexity index is 177. The molecule has 0 saturated heterocycles. The number of hydrogen-bond acceptors (Lipinski definition) is 3. The summed E-state index contributed by atoms with van der Waals surface area (Å²) in [6.45, 7) is 7.08. The van der Waals surface area contributed by atoms with Gasteiger partial charge in [0.1, 0.15) is 5.84 Å². The highest BCUT2D eigenvalue weighted by molar-refractivity contribution is 5.83. The van der Waals surface area contributed by atoms with Gasteiger partial charge in [0.15, 0.2) is 6.23 Å². The predicted octanol–water partition coefficient (Wildman–Crippen LogP) is 0.615. The molecular weight excluding hydrogens is 140 g/mol. The van der Waals surface area contributed by atoms with Crippen LogP contribution in [0.5, 0.6) is 0 Å². The summed E-state index contributed by atoms with van der Waals surface area (Å²) in [4.78, 5) is 6.10. The summed E-state index contributed by atoms with van der Waals surface area (Å²) >= 11 is 0. The molecule has 0 spiro atoms. The largest absolute Gasteiger partial charge is 0.370 e. The van der Waals surface area contributed by atoms with Crippen molar-refractivity contribution in [3.63, 3.8) is 0 Å². The van der Waals surface area contributed by atoms with E-state index in [-0.39, 0.29) is 0 Å². The first-order valence-electron chi connectivity index (χ1n) is 3.88. The maximum absolute atomic E-state index is 9.16. The van der Waals surface area contributed by atoms with Crippen LogP contribution in [0.4, 0.5) is 0 Å². The summed E-state index contributed by atoms with van der Waals surface area (Å²) in [5.74, 6) is 0.984. The number of hydrogen-bond donors (Lipinski definition) is 1. The molecule has 3 nitrogen and oxygen atoms in total. The zero-order valence-corrected chi connectivity index (χ0v) is 6.82. The van der Waals surface area contributed by atoms with Gasteiger partial charge in [-0.15, -0.1) is 6.58 Å². The van der Waals surface area contributed by atoms with Crippen molar-refractivity contribution in [3.05, 3.63) is 12.7 Å². The van der Waals surface area contributed by atoms with Crippen molar-refractivity contribution < 1.29 is 5.11 Å². The van der Waals surface area contributed by atoms with E-state index in [1.165, 1.54) is 0 Å². The smallest absolute Gasteiger partial charge is 0.164 e. The topological polar surface area (TPSA) is 35.8 Å². The van der Waals surface area contributed by atoms with Gasteiger partial charge in [-0.1, -0.05) is 13.0 Å². The zero-order chi connectivity index (χ0) is 8.27. The number of nitrogens with zero attached hydrogens (tertiary/aromatic N) is 2. The van der Waals surface area contributed by atoms with Crippen LogP contribution in [0.15, 0.2) is 17.6 Å². The lowest BCUT2D eigenvalue weighted by Gasteiger charge is -2.16. The molecule has 1 N–H and O–H groups in total. The van der Waals surface area contributed by atoms with Crippen molar-refractivity contribution in [2.24, 2.45) is 4.99 Å². The van der Waals surface area contributed by atoms with Crippen molar-refractivity contribution in [1.82, 2.24) is 4.90 Å². The van der Waals surface area contributed by atoms with E-state index in [2.05, 4.69) is 11.6 Å². The molecule has 1 unspecified atom stereocenters. The molecule has 1 heterocycles. The Labute approximate surface area is 67.0 Å². The third-order valence-electron chi connectivity index (χ3n) is 1.71. The molecule has 1 aliphatic rings. The second-order valence-corrected chi connectivity index (χ2v) is 2.57. The van der Waals surface area contributed by atoms with E-state index in [9.17, 15) is 0 Å². The van der Waals surface area contributed by atoms with Gasteiger partial charge >= 0.3 is 0 Å². The van der Waals surface area contributed by atoms with Crippen LogP contribution < -0.4 is 0 Å². The van der Waals surface area contributed by atoms with Crippen molar-refractivity contribution >= 4 is 5.84 Å². The number of aliphatic hydroxyl groups is 1. The molecule has 3 heteroatoms. The lowest BCUT2D eigenvalue weighted by molar-refractivity contribution is 0.175. The Morgan fingerprint density at radius 1 is 1.91 bits per heavy atom. The maximum Gasteiger partial charge on any atom is 0.164 e. The molecule has 1 rings (SSSR count). The highest BCUT2D eigenvalue weighted by Crippen LogP contribution is 2.08. The first kappa shape index (κ1) is 8.27. The quantitative estimate of drug-likeness (QED) is 0.605. The Kier molecular flexibility index (Phi) is 2.65. The number of aliphatic hydroxyl groups excluding tert-OH is 1. The van der Waals surface area contributed by atoms with Crippen LogP contribution in [0.2, 0.25) is 0 Å². The fourth-order valence-electron chi connectivity index (χ4n) is 1.25. The van der Waals surface area contributed by atoms with Gasteiger partial charge in [0.25, 0.3) is 0 Å². The van der Waals surface area contributed by atoms with Gasteiger partial charge < -0.3 is 10.0 Å². The van der Waals surface area contributed by atoms with E-state index in [1.54, 1.807) is 0 Å². The van der Waals surface area contributed by atoms with Gasteiger partial charge in [0, 0.05) is 13.0 Å². The highest BCUT2D eigenvalue weighted by atomic mass is 16.3. The highest BCUT2D eigenvalue weighted by Gasteiger charge is 2.19. The second kappa shape index (κ2) is 3.53. The van der Waals surface area contributed by atoms with Crippen LogP contribution in [-0.2, 0) is 0 Å². The molecule has 1 atom stereocenters. The van der Waals surface area contributed by atoms with E-state index in [1.807, 2.05) is 17.9 Å². The van der Waals surface area contributed by atoms with Crippen LogP contribution in [0.1, 0.15) is 13.3 Å². The molecular formula is C8H14N2O. The average Bonchev–Trinajstić information content (AvgIpc) is 2.32. The third kappa shape index (κ3) is 1.80.